The Morgan fingerprint density at radius 3 is 2.56 bits per heavy atom. The molecule has 2 aromatic rings. The summed E-state index contributed by atoms with van der Waals surface area (Å²) in [5.74, 6) is -1.44. The van der Waals surface area contributed by atoms with E-state index in [0.717, 1.165) is 17.7 Å². The van der Waals surface area contributed by atoms with E-state index in [4.69, 9.17) is 0 Å². The van der Waals surface area contributed by atoms with Gasteiger partial charge in [0.1, 0.15) is 5.82 Å². The highest BCUT2D eigenvalue weighted by Gasteiger charge is 2.52. The van der Waals surface area contributed by atoms with Gasteiger partial charge in [0.25, 0.3) is 0 Å². The van der Waals surface area contributed by atoms with Crippen molar-refractivity contribution in [3.63, 3.8) is 0 Å². The molecule has 2 aromatic carbocycles. The third-order valence-electron chi connectivity index (χ3n) is 5.20. The molecule has 144 valence electrons. The Morgan fingerprint density at radius 2 is 1.89 bits per heavy atom. The van der Waals surface area contributed by atoms with Crippen LogP contribution >= 0.6 is 12.4 Å². The number of anilines is 1. The molecule has 0 saturated carbocycles. The number of halogens is 5. The van der Waals surface area contributed by atoms with Gasteiger partial charge in [-0.25, -0.2) is 4.39 Å². The number of nitrogens with one attached hydrogen (secondary N) is 1. The average molecular weight is 401 g/mol. The molecule has 8 heteroatoms. The van der Waals surface area contributed by atoms with Crippen molar-refractivity contribution in [3.05, 3.63) is 65.0 Å². The Bertz CT molecular complexity index is 878. The number of hydrogen-bond donors (Lipinski definition) is 1. The van der Waals surface area contributed by atoms with E-state index < -0.39 is 23.0 Å². The number of carbonyl (C=O) groups is 1. The van der Waals surface area contributed by atoms with E-state index in [1.165, 1.54) is 11.0 Å². The quantitative estimate of drug-likeness (QED) is 0.771. The van der Waals surface area contributed by atoms with E-state index in [0.29, 0.717) is 25.2 Å². The Morgan fingerprint density at radius 1 is 1.15 bits per heavy atom. The molecule has 4 rings (SSSR count). The lowest BCUT2D eigenvalue weighted by atomic mass is 9.81. The summed E-state index contributed by atoms with van der Waals surface area (Å²) in [4.78, 5) is 14.6. The Labute approximate surface area is 159 Å². The van der Waals surface area contributed by atoms with E-state index in [1.54, 1.807) is 12.1 Å². The van der Waals surface area contributed by atoms with Gasteiger partial charge in [-0.3, -0.25) is 4.79 Å². The molecule has 1 saturated heterocycles. The fourth-order valence-electron chi connectivity index (χ4n) is 3.93. The van der Waals surface area contributed by atoms with Gasteiger partial charge in [0.2, 0.25) is 5.91 Å². The summed E-state index contributed by atoms with van der Waals surface area (Å²) < 4.78 is 52.4. The zero-order valence-electron chi connectivity index (χ0n) is 14.1. The summed E-state index contributed by atoms with van der Waals surface area (Å²) in [7, 11) is 0. The summed E-state index contributed by atoms with van der Waals surface area (Å²) in [6.07, 6.45) is -4.12. The number of carbonyl (C=O) groups excluding carboxylic acids is 1. The lowest BCUT2D eigenvalue weighted by molar-refractivity contribution is -0.140. The third-order valence-corrected chi connectivity index (χ3v) is 5.20. The van der Waals surface area contributed by atoms with Crippen LogP contribution in [0.1, 0.15) is 23.1 Å². The highest BCUT2D eigenvalue weighted by atomic mass is 35.5. The molecule has 2 aliphatic rings. The second-order valence-electron chi connectivity index (χ2n) is 6.73. The van der Waals surface area contributed by atoms with Gasteiger partial charge in [0, 0.05) is 12.2 Å². The number of nitrogens with zero attached hydrogens (tertiary/aromatic N) is 1. The summed E-state index contributed by atoms with van der Waals surface area (Å²) in [6, 6.07) is 10.2. The first kappa shape index (κ1) is 19.6. The number of alkyl halides is 3. The normalized spacial score (nSPS) is 21.5. The van der Waals surface area contributed by atoms with E-state index in [2.05, 4.69) is 5.32 Å². The largest absolute Gasteiger partial charge is 0.419 e. The highest BCUT2D eigenvalue weighted by Crippen LogP contribution is 2.46. The Hall–Kier alpha value is -2.12. The van der Waals surface area contributed by atoms with Crippen LogP contribution in [0.2, 0.25) is 0 Å². The van der Waals surface area contributed by atoms with Crippen molar-refractivity contribution in [1.82, 2.24) is 5.32 Å². The fourth-order valence-corrected chi connectivity index (χ4v) is 3.93. The van der Waals surface area contributed by atoms with Crippen LogP contribution in [0.25, 0.3) is 0 Å². The molecule has 0 bridgehead atoms. The average Bonchev–Trinajstić information content (AvgIpc) is 3.17. The summed E-state index contributed by atoms with van der Waals surface area (Å²) in [5, 5.41) is 3.20. The molecule has 1 N–H and O–H groups in total. The van der Waals surface area contributed by atoms with E-state index in [1.807, 2.05) is 12.1 Å². The van der Waals surface area contributed by atoms with Gasteiger partial charge in [0.15, 0.2) is 0 Å². The maximum absolute atomic E-state index is 13.5. The molecule has 1 unspecified atom stereocenters. The van der Waals surface area contributed by atoms with Crippen molar-refractivity contribution in [2.75, 3.05) is 18.0 Å². The zero-order chi connectivity index (χ0) is 18.5. The Balaban J connectivity index is 0.00000210. The third kappa shape index (κ3) is 3.08. The molecule has 2 heterocycles. The van der Waals surface area contributed by atoms with Crippen LogP contribution in [0.3, 0.4) is 0 Å². The number of para-hydroxylation sites is 1. The molecule has 27 heavy (non-hydrogen) atoms. The van der Waals surface area contributed by atoms with Crippen LogP contribution in [0, 0.1) is 5.82 Å². The molecule has 1 atom stereocenters. The minimum Gasteiger partial charge on any atom is -0.315 e. The van der Waals surface area contributed by atoms with Crippen molar-refractivity contribution in [1.29, 1.82) is 0 Å². The molecule has 2 aliphatic heterocycles. The molecule has 1 amide bonds. The van der Waals surface area contributed by atoms with Crippen LogP contribution < -0.4 is 10.2 Å². The number of hydrogen-bond acceptors (Lipinski definition) is 2. The summed E-state index contributed by atoms with van der Waals surface area (Å²) >= 11 is 0. The van der Waals surface area contributed by atoms with Crippen molar-refractivity contribution in [2.45, 2.75) is 24.6 Å². The molecular weight excluding hydrogens is 384 g/mol. The minimum absolute atomic E-state index is 0. The standard InChI is InChI=1S/C19H16F4N2O.ClH/c20-15-6-5-12(9-14(15)19(21,22)23)10-25-16-4-2-1-3-13(16)18(17(25)26)7-8-24-11-18;/h1-6,9,24H,7-8,10-11H2;1H. The van der Waals surface area contributed by atoms with Gasteiger partial charge in [-0.05, 0) is 42.3 Å². The first-order chi connectivity index (χ1) is 12.3. The maximum Gasteiger partial charge on any atom is 0.419 e. The SMILES string of the molecule is Cl.O=C1N(Cc2ccc(F)c(C(F)(F)F)c2)c2ccccc2C12CCNC2. The van der Waals surface area contributed by atoms with Crippen LogP contribution in [0.5, 0.6) is 0 Å². The molecule has 0 aliphatic carbocycles. The molecule has 0 aromatic heterocycles. The predicted octanol–water partition coefficient (Wildman–Crippen LogP) is 4.04. The minimum atomic E-state index is -4.77. The van der Waals surface area contributed by atoms with Crippen LogP contribution in [0.15, 0.2) is 42.5 Å². The summed E-state index contributed by atoms with van der Waals surface area (Å²) in [6.45, 7) is 1.19. The van der Waals surface area contributed by atoms with Crippen molar-refractivity contribution in [2.24, 2.45) is 0 Å². The van der Waals surface area contributed by atoms with Gasteiger partial charge in [-0.2, -0.15) is 13.2 Å². The van der Waals surface area contributed by atoms with Crippen LogP contribution in [-0.4, -0.2) is 19.0 Å². The second kappa shape index (κ2) is 6.80. The van der Waals surface area contributed by atoms with E-state index >= 15 is 0 Å². The van der Waals surface area contributed by atoms with Crippen LogP contribution in [-0.2, 0) is 22.9 Å². The topological polar surface area (TPSA) is 32.3 Å². The zero-order valence-corrected chi connectivity index (χ0v) is 15.0. The second-order valence-corrected chi connectivity index (χ2v) is 6.73. The highest BCUT2D eigenvalue weighted by molar-refractivity contribution is 6.08. The van der Waals surface area contributed by atoms with Gasteiger partial charge >= 0.3 is 6.18 Å². The fraction of sp³-hybridized carbons (Fsp3) is 0.316. The van der Waals surface area contributed by atoms with Gasteiger partial charge in [0.05, 0.1) is 17.5 Å². The number of amides is 1. The van der Waals surface area contributed by atoms with Crippen molar-refractivity contribution < 1.29 is 22.4 Å². The van der Waals surface area contributed by atoms with Gasteiger partial charge in [-0.15, -0.1) is 12.4 Å². The number of rotatable bonds is 2. The number of fused-ring (bicyclic) bond motifs is 2. The molecule has 0 radical (unpaired) electrons. The molecule has 3 nitrogen and oxygen atoms in total. The van der Waals surface area contributed by atoms with Crippen molar-refractivity contribution >= 4 is 24.0 Å². The van der Waals surface area contributed by atoms with Gasteiger partial charge in [-0.1, -0.05) is 24.3 Å². The smallest absolute Gasteiger partial charge is 0.315 e. The Kier molecular flexibility index (Phi) is 4.94. The van der Waals surface area contributed by atoms with Gasteiger partial charge < -0.3 is 10.2 Å². The lowest BCUT2D eigenvalue weighted by Crippen LogP contribution is -2.41. The molecule has 1 fully saturated rings. The first-order valence-electron chi connectivity index (χ1n) is 8.31. The molecular formula is C19H17ClF4N2O. The monoisotopic (exact) mass is 400 g/mol. The predicted molar refractivity (Wildman–Crippen MR) is 95.4 cm³/mol. The molecule has 1 spiro atoms. The van der Waals surface area contributed by atoms with E-state index in [-0.39, 0.29) is 30.4 Å². The van der Waals surface area contributed by atoms with Crippen molar-refractivity contribution in [3.8, 4) is 0 Å². The first-order valence-corrected chi connectivity index (χ1v) is 8.31. The maximum atomic E-state index is 13.5. The van der Waals surface area contributed by atoms with E-state index in [9.17, 15) is 22.4 Å². The lowest BCUT2D eigenvalue weighted by Gasteiger charge is -2.23. The van der Waals surface area contributed by atoms with Crippen LogP contribution in [0.4, 0.5) is 23.2 Å². The number of benzene rings is 2. The summed E-state index contributed by atoms with van der Waals surface area (Å²) in [5.41, 5.74) is -0.131.